The molecule has 0 atom stereocenters. The van der Waals surface area contributed by atoms with Crippen LogP contribution in [0.15, 0.2) is 36.5 Å². The molecule has 0 aliphatic carbocycles. The van der Waals surface area contributed by atoms with Gasteiger partial charge >= 0.3 is 6.03 Å². The fourth-order valence-electron chi connectivity index (χ4n) is 2.54. The maximum Gasteiger partial charge on any atom is 0.323 e. The van der Waals surface area contributed by atoms with E-state index in [0.29, 0.717) is 18.8 Å². The number of hydroxylamine groups is 1. The quantitative estimate of drug-likeness (QED) is 0.442. The van der Waals surface area contributed by atoms with Gasteiger partial charge in [-0.1, -0.05) is 6.07 Å². The molecule has 9 heteroatoms. The van der Waals surface area contributed by atoms with Gasteiger partial charge in [-0.3, -0.25) is 14.6 Å². The third kappa shape index (κ3) is 8.24. The van der Waals surface area contributed by atoms with Gasteiger partial charge in [0.15, 0.2) is 0 Å². The Morgan fingerprint density at radius 3 is 2.69 bits per heavy atom. The Hall–Kier alpha value is -3.04. The third-order valence-corrected chi connectivity index (χ3v) is 3.90. The topological polar surface area (TPSA) is 95.6 Å². The number of nitrogens with one attached hydrogen (secondary N) is 3. The van der Waals surface area contributed by atoms with Crippen molar-refractivity contribution in [2.24, 2.45) is 0 Å². The minimum Gasteiger partial charge on any atom is -0.306 e. The van der Waals surface area contributed by atoms with Gasteiger partial charge in [0, 0.05) is 25.7 Å². The predicted octanol–water partition coefficient (Wildman–Crippen LogP) is 3.06. The maximum absolute atomic E-state index is 14.1. The number of rotatable bonds is 9. The van der Waals surface area contributed by atoms with Gasteiger partial charge in [0.2, 0.25) is 5.91 Å². The summed E-state index contributed by atoms with van der Waals surface area (Å²) in [6, 6.07) is 7.55. The molecule has 0 bridgehead atoms. The molecular weight excluding hydrogens is 377 g/mol. The number of anilines is 2. The second-order valence-corrected chi connectivity index (χ2v) is 6.68. The first-order valence-corrected chi connectivity index (χ1v) is 9.19. The zero-order chi connectivity index (χ0) is 21.2. The molecule has 1 aromatic carbocycles. The van der Waals surface area contributed by atoms with Gasteiger partial charge in [-0.2, -0.15) is 0 Å². The number of nitrogens with zero attached hydrogens (tertiary/aromatic N) is 2. The minimum atomic E-state index is -0.546. The number of amides is 3. The van der Waals surface area contributed by atoms with Gasteiger partial charge in [-0.05, 0) is 50.2 Å². The molecule has 0 fully saturated rings. The molecule has 0 saturated heterocycles. The van der Waals surface area contributed by atoms with Gasteiger partial charge < -0.3 is 15.5 Å². The highest BCUT2D eigenvalue weighted by atomic mass is 19.1. The van der Waals surface area contributed by atoms with Crippen molar-refractivity contribution in [3.63, 3.8) is 0 Å². The molecule has 2 rings (SSSR count). The number of aryl methyl sites for hydroxylation is 1. The average Bonchev–Trinajstić information content (AvgIpc) is 2.66. The Kier molecular flexibility index (Phi) is 8.50. The molecule has 0 unspecified atom stereocenters. The van der Waals surface area contributed by atoms with Crippen LogP contribution in [0, 0.1) is 12.7 Å². The molecule has 0 radical (unpaired) electrons. The lowest BCUT2D eigenvalue weighted by Gasteiger charge is -2.17. The number of pyridine rings is 1. The van der Waals surface area contributed by atoms with Gasteiger partial charge in [-0.15, -0.1) is 0 Å². The molecule has 2 aromatic rings. The summed E-state index contributed by atoms with van der Waals surface area (Å²) in [6.07, 6.45) is 2.25. The number of urea groups is 1. The molecule has 0 spiro atoms. The molecule has 0 saturated carbocycles. The Morgan fingerprint density at radius 1 is 1.21 bits per heavy atom. The Morgan fingerprint density at radius 2 is 2.00 bits per heavy atom. The lowest BCUT2D eigenvalue weighted by Crippen LogP contribution is -2.24. The van der Waals surface area contributed by atoms with Crippen LogP contribution in [-0.4, -0.2) is 42.0 Å². The van der Waals surface area contributed by atoms with Crippen LogP contribution in [0.5, 0.6) is 0 Å². The summed E-state index contributed by atoms with van der Waals surface area (Å²) in [4.78, 5) is 34.0. The van der Waals surface area contributed by atoms with Gasteiger partial charge in [-0.25, -0.2) is 14.7 Å². The lowest BCUT2D eigenvalue weighted by atomic mass is 10.1. The summed E-state index contributed by atoms with van der Waals surface area (Å²) in [6.45, 7) is 4.91. The van der Waals surface area contributed by atoms with Crippen LogP contribution in [0.1, 0.15) is 24.6 Å². The van der Waals surface area contributed by atoms with Crippen molar-refractivity contribution in [2.45, 2.75) is 26.8 Å². The van der Waals surface area contributed by atoms with Crippen molar-refractivity contribution in [1.82, 2.24) is 15.4 Å². The monoisotopic (exact) mass is 403 g/mol. The van der Waals surface area contributed by atoms with Crippen LogP contribution in [0.2, 0.25) is 0 Å². The summed E-state index contributed by atoms with van der Waals surface area (Å²) in [5.74, 6) is -0.760. The van der Waals surface area contributed by atoms with E-state index in [1.807, 2.05) is 18.9 Å². The largest absolute Gasteiger partial charge is 0.323 e. The van der Waals surface area contributed by atoms with Crippen molar-refractivity contribution >= 4 is 23.3 Å². The molecule has 3 amide bonds. The zero-order valence-electron chi connectivity index (χ0n) is 16.8. The Labute approximate surface area is 169 Å². The van der Waals surface area contributed by atoms with Crippen molar-refractivity contribution in [3.8, 4) is 0 Å². The fourth-order valence-corrected chi connectivity index (χ4v) is 2.54. The third-order valence-electron chi connectivity index (χ3n) is 3.90. The van der Waals surface area contributed by atoms with E-state index < -0.39 is 11.8 Å². The number of hydrogen-bond donors (Lipinski definition) is 3. The Bertz CT molecular complexity index is 829. The van der Waals surface area contributed by atoms with Crippen LogP contribution >= 0.6 is 0 Å². The van der Waals surface area contributed by atoms with Gasteiger partial charge in [0.25, 0.3) is 0 Å². The van der Waals surface area contributed by atoms with E-state index in [1.165, 1.54) is 19.2 Å². The highest BCUT2D eigenvalue weighted by Crippen LogP contribution is 2.18. The summed E-state index contributed by atoms with van der Waals surface area (Å²) < 4.78 is 14.1. The highest BCUT2D eigenvalue weighted by molar-refractivity contribution is 5.99. The number of carbonyl (C=O) groups excluding carboxylic acids is 2. The smallest absolute Gasteiger partial charge is 0.306 e. The van der Waals surface area contributed by atoms with Gasteiger partial charge in [0.1, 0.15) is 5.82 Å². The van der Waals surface area contributed by atoms with Crippen LogP contribution in [-0.2, 0) is 16.2 Å². The molecule has 1 heterocycles. The molecule has 3 N–H and O–H groups in total. The molecule has 156 valence electrons. The molecular formula is C20H26FN5O3. The van der Waals surface area contributed by atoms with E-state index in [4.69, 9.17) is 4.84 Å². The standard InChI is InChI=1S/C20H26FN5O3/c1-14-5-7-17(12-22-14)23-20(28)24-19-11-16(6-8-18(19)21)13-26(3)9-4-10-29-25-15(2)27/h5-8,11-12H,4,9-10,13H2,1-3H3,(H,25,27)(H2,23,24,28). The van der Waals surface area contributed by atoms with Crippen molar-refractivity contribution < 1.29 is 18.8 Å². The molecule has 0 aliphatic rings. The number of carbonyl (C=O) groups is 2. The SMILES string of the molecule is CC(=O)NOCCCN(C)Cc1ccc(F)c(NC(=O)Nc2ccc(C)nc2)c1. The summed E-state index contributed by atoms with van der Waals surface area (Å²) in [5.41, 5.74) is 4.58. The minimum absolute atomic E-state index is 0.0995. The average molecular weight is 403 g/mol. The molecule has 8 nitrogen and oxygen atoms in total. The second kappa shape index (κ2) is 11.1. The predicted molar refractivity (Wildman–Crippen MR) is 109 cm³/mol. The number of hydrogen-bond acceptors (Lipinski definition) is 5. The first kappa shape index (κ1) is 22.3. The van der Waals surface area contributed by atoms with Crippen LogP contribution in [0.3, 0.4) is 0 Å². The molecule has 1 aromatic heterocycles. The van der Waals surface area contributed by atoms with E-state index in [-0.39, 0.29) is 11.6 Å². The second-order valence-electron chi connectivity index (χ2n) is 6.68. The first-order valence-electron chi connectivity index (χ1n) is 9.19. The van der Waals surface area contributed by atoms with Crippen LogP contribution < -0.4 is 16.1 Å². The van der Waals surface area contributed by atoms with E-state index in [2.05, 4.69) is 21.1 Å². The van der Waals surface area contributed by atoms with Crippen molar-refractivity contribution in [2.75, 3.05) is 30.8 Å². The number of halogens is 1. The van der Waals surface area contributed by atoms with E-state index >= 15 is 0 Å². The summed E-state index contributed by atoms with van der Waals surface area (Å²) in [5, 5.41) is 5.15. The molecule has 29 heavy (non-hydrogen) atoms. The lowest BCUT2D eigenvalue weighted by molar-refractivity contribution is -0.131. The van der Waals surface area contributed by atoms with Crippen LogP contribution in [0.25, 0.3) is 0 Å². The summed E-state index contributed by atoms with van der Waals surface area (Å²) >= 11 is 0. The normalized spacial score (nSPS) is 10.7. The van der Waals surface area contributed by atoms with Gasteiger partial charge in [0.05, 0.1) is 24.2 Å². The Balaban J connectivity index is 1.85. The maximum atomic E-state index is 14.1. The first-order chi connectivity index (χ1) is 13.8. The van der Waals surface area contributed by atoms with E-state index in [1.54, 1.807) is 24.3 Å². The van der Waals surface area contributed by atoms with E-state index in [0.717, 1.165) is 24.2 Å². The van der Waals surface area contributed by atoms with E-state index in [9.17, 15) is 14.0 Å². The van der Waals surface area contributed by atoms with Crippen molar-refractivity contribution in [1.29, 1.82) is 0 Å². The van der Waals surface area contributed by atoms with Crippen molar-refractivity contribution in [3.05, 3.63) is 53.6 Å². The zero-order valence-corrected chi connectivity index (χ0v) is 16.8. The van der Waals surface area contributed by atoms with Crippen LogP contribution in [0.4, 0.5) is 20.6 Å². The highest BCUT2D eigenvalue weighted by Gasteiger charge is 2.10. The number of aromatic nitrogens is 1. The molecule has 0 aliphatic heterocycles. The summed E-state index contributed by atoms with van der Waals surface area (Å²) in [7, 11) is 1.92. The fraction of sp³-hybridized carbons (Fsp3) is 0.350. The number of benzene rings is 1.